The van der Waals surface area contributed by atoms with Gasteiger partial charge in [-0.1, -0.05) is 187 Å². The molecule has 3 saturated heterocycles. The van der Waals surface area contributed by atoms with Crippen LogP contribution in [-0.4, -0.2) is 186 Å². The number of piperidine rings is 1. The number of ether oxygens (including phenoxy) is 2. The molecule has 0 unspecified atom stereocenters. The Hall–Kier alpha value is -8.44. The van der Waals surface area contributed by atoms with Gasteiger partial charge in [-0.15, -0.1) is 0 Å². The molecule has 13 heterocycles. The highest BCUT2D eigenvalue weighted by Crippen LogP contribution is 2.40. The standard InChI is InChI=1S/C13H20F2N2.C13H23N3O.C13H23N3.C12H15N3.C12H20N2O.C11H20N2O.C10H16N2.C9H16N2.C8H12F2N2/c1-12(2,3)10-8-16-17(9-10)11-4-6-13(14,15)7-5-11;1-13(2,3)12-10-14-16(11-12)5-4-15-6-8-17-9-7-15;1-13(2,3)11-9-14-16(10-11)12-5-7-15(4)8-6-12;1-12(2,3)10-8-14-15(9-10)11-4-6-13-7-5-11;1-12(2,3)10-8-13-14(9-10)11-4-6-15-7-5-11;1-10(2,3)9-6-12-13(7-9)8-11(4,5)14;1-10(2,3)8-6-11-12(7-8)9-4-5-9;1-5-11-7-8(6-10-11)9(2,3)4;1-8(2,3)6-4-11-12(5-6)7(9)10/h8-9,11H,4-7H2,1-3H3;10-11H,4-9H2,1-3H3;9-10,12H,5-8H2,1-4H3;4-9H,1-3H3;8-9,11H,4-7H2,1-3H3;6-7,14H,8H2,1-5H3;6-7,9H,4-5H2,1-3H3;6-7H,5H2,1-4H3;4-5,7H,1-3H3. The number of hydrogen-bond acceptors (Lipinski definition) is 15. The summed E-state index contributed by atoms with van der Waals surface area (Å²) in [5.41, 5.74) is 12.6. The van der Waals surface area contributed by atoms with Crippen molar-refractivity contribution in [3.8, 4) is 5.69 Å². The monoisotopic (exact) mass is 1800 g/mol. The predicted octanol–water partition coefficient (Wildman–Crippen LogP) is 22.2. The summed E-state index contributed by atoms with van der Waals surface area (Å²) in [7, 11) is 2.19. The highest BCUT2D eigenvalue weighted by molar-refractivity contribution is 5.30. The summed E-state index contributed by atoms with van der Waals surface area (Å²) in [6.45, 7) is 73.2. The number of halogens is 4. The van der Waals surface area contributed by atoms with Crippen LogP contribution in [0.25, 0.3) is 5.69 Å². The fraction of sp³-hybridized carbons (Fsp3) is 0.683. The maximum atomic E-state index is 13.1. The smallest absolute Gasteiger partial charge is 0.333 e. The maximum Gasteiger partial charge on any atom is 0.333 e. The summed E-state index contributed by atoms with van der Waals surface area (Å²) < 4.78 is 77.6. The van der Waals surface area contributed by atoms with Crippen molar-refractivity contribution in [1.29, 1.82) is 0 Å². The lowest BCUT2D eigenvalue weighted by molar-refractivity contribution is -0.0450. The molecule has 3 aliphatic heterocycles. The van der Waals surface area contributed by atoms with E-state index in [2.05, 4.69) is 297 Å². The van der Waals surface area contributed by atoms with Gasteiger partial charge in [0.25, 0.3) is 0 Å². The van der Waals surface area contributed by atoms with Crippen molar-refractivity contribution in [2.24, 2.45) is 0 Å². The molecule has 0 spiro atoms. The third-order valence-corrected chi connectivity index (χ3v) is 23.6. The minimum Gasteiger partial charge on any atom is -0.389 e. The van der Waals surface area contributed by atoms with Gasteiger partial charge in [0.2, 0.25) is 5.92 Å². The second-order valence-corrected chi connectivity index (χ2v) is 45.4. The number of aromatic nitrogens is 19. The molecular weight excluding hydrogens is 1630 g/mol. The summed E-state index contributed by atoms with van der Waals surface area (Å²) in [6.07, 6.45) is 47.2. The number of morpholine rings is 1. The number of likely N-dealkylation sites (tertiary alicyclic amines) is 1. The van der Waals surface area contributed by atoms with E-state index in [1.807, 2.05) is 109 Å². The third-order valence-electron chi connectivity index (χ3n) is 23.6. The Labute approximate surface area is 771 Å². The van der Waals surface area contributed by atoms with Gasteiger partial charge in [0.15, 0.2) is 0 Å². The zero-order valence-electron chi connectivity index (χ0n) is 84.8. The van der Waals surface area contributed by atoms with Crippen LogP contribution in [0.3, 0.4) is 0 Å². The lowest BCUT2D eigenvalue weighted by Crippen LogP contribution is -2.38. The number of hydrogen-bond donors (Lipinski definition) is 1. The molecule has 2 aliphatic carbocycles. The summed E-state index contributed by atoms with van der Waals surface area (Å²) in [4.78, 5) is 8.81. The molecule has 2 saturated carbocycles. The minimum absolute atomic E-state index is 0.0115. The molecule has 0 atom stereocenters. The van der Waals surface area contributed by atoms with E-state index in [-0.39, 0.29) is 67.6 Å². The molecule has 0 radical (unpaired) electrons. The highest BCUT2D eigenvalue weighted by atomic mass is 19.3. The summed E-state index contributed by atoms with van der Waals surface area (Å²) in [5.74, 6) is -2.46. The van der Waals surface area contributed by atoms with Crippen LogP contribution < -0.4 is 0 Å². The molecule has 5 aliphatic rings. The first-order valence-electron chi connectivity index (χ1n) is 46.9. The second kappa shape index (κ2) is 45.8. The molecule has 24 nitrogen and oxygen atoms in total. The van der Waals surface area contributed by atoms with Gasteiger partial charge in [-0.3, -0.25) is 42.7 Å². The molecule has 129 heavy (non-hydrogen) atoms. The van der Waals surface area contributed by atoms with Gasteiger partial charge in [-0.2, -0.15) is 54.7 Å². The van der Waals surface area contributed by atoms with Crippen LogP contribution in [0, 0.1) is 0 Å². The van der Waals surface area contributed by atoms with E-state index in [0.29, 0.717) is 42.2 Å². The maximum absolute atomic E-state index is 13.1. The lowest BCUT2D eigenvalue weighted by atomic mass is 9.89. The fourth-order valence-corrected chi connectivity index (χ4v) is 13.8. The van der Waals surface area contributed by atoms with E-state index >= 15 is 0 Å². The van der Waals surface area contributed by atoms with Crippen molar-refractivity contribution in [2.45, 2.75) is 383 Å². The molecule has 0 bridgehead atoms. The Kier molecular flexibility index (Phi) is 38.2. The van der Waals surface area contributed by atoms with Crippen LogP contribution in [0.2, 0.25) is 0 Å². The molecule has 28 heteroatoms. The number of aryl methyl sites for hydroxylation is 1. The quantitative estimate of drug-likeness (QED) is 0.112. The molecule has 0 aromatic carbocycles. The van der Waals surface area contributed by atoms with Crippen molar-refractivity contribution >= 4 is 0 Å². The van der Waals surface area contributed by atoms with Crippen LogP contribution in [0.5, 0.6) is 0 Å². The highest BCUT2D eigenvalue weighted by Gasteiger charge is 2.37. The zero-order chi connectivity index (χ0) is 96.1. The summed E-state index contributed by atoms with van der Waals surface area (Å²) >= 11 is 0. The van der Waals surface area contributed by atoms with Gasteiger partial charge in [0.1, 0.15) is 0 Å². The van der Waals surface area contributed by atoms with Gasteiger partial charge in [-0.25, -0.2) is 18.1 Å². The average molecular weight is 1800 g/mol. The molecule has 720 valence electrons. The Bertz CT molecular complexity index is 4760. The van der Waals surface area contributed by atoms with Gasteiger partial charge in [0, 0.05) is 120 Å². The van der Waals surface area contributed by atoms with Crippen molar-refractivity contribution < 1.29 is 32.1 Å². The number of rotatable bonds is 12. The largest absolute Gasteiger partial charge is 0.389 e. The number of nitrogens with zero attached hydrogens (tertiary/aromatic N) is 21. The molecule has 0 amide bonds. The average Bonchev–Trinajstić information content (AvgIpc) is 1.73. The zero-order valence-corrected chi connectivity index (χ0v) is 84.8. The van der Waals surface area contributed by atoms with Crippen LogP contribution in [-0.2, 0) is 77.8 Å². The summed E-state index contributed by atoms with van der Waals surface area (Å²) in [5, 5.41) is 48.1. The van der Waals surface area contributed by atoms with E-state index < -0.39 is 18.1 Å². The normalized spacial score (nSPS) is 16.8. The molecule has 15 rings (SSSR count). The lowest BCUT2D eigenvalue weighted by Gasteiger charge is -2.29. The Morgan fingerprint density at radius 1 is 0.364 bits per heavy atom. The van der Waals surface area contributed by atoms with Gasteiger partial charge < -0.3 is 19.5 Å². The van der Waals surface area contributed by atoms with Gasteiger partial charge in [-0.05, 0) is 203 Å². The van der Waals surface area contributed by atoms with Gasteiger partial charge >= 0.3 is 6.55 Å². The van der Waals surface area contributed by atoms with E-state index in [1.54, 1.807) is 30.9 Å². The third kappa shape index (κ3) is 36.9. The van der Waals surface area contributed by atoms with E-state index in [9.17, 15) is 22.7 Å². The second-order valence-electron chi connectivity index (χ2n) is 45.4. The van der Waals surface area contributed by atoms with Crippen LogP contribution in [0.1, 0.15) is 353 Å². The van der Waals surface area contributed by atoms with Gasteiger partial charge in [0.05, 0.1) is 118 Å². The van der Waals surface area contributed by atoms with Crippen molar-refractivity contribution in [3.63, 3.8) is 0 Å². The van der Waals surface area contributed by atoms with Crippen molar-refractivity contribution in [3.05, 3.63) is 186 Å². The number of alkyl halides is 4. The van der Waals surface area contributed by atoms with E-state index in [1.165, 1.54) is 90.1 Å². The van der Waals surface area contributed by atoms with Crippen molar-refractivity contribution in [2.75, 3.05) is 66.2 Å². The van der Waals surface area contributed by atoms with Crippen LogP contribution in [0.15, 0.2) is 136 Å². The van der Waals surface area contributed by atoms with Crippen molar-refractivity contribution in [1.82, 2.24) is 103 Å². The number of pyridine rings is 1. The number of aliphatic hydroxyl groups is 1. The predicted molar refractivity (Wildman–Crippen MR) is 514 cm³/mol. The van der Waals surface area contributed by atoms with Crippen LogP contribution >= 0.6 is 0 Å². The SMILES string of the molecule is CC(C)(C)c1cnn(-c2ccncc2)c1.CC(C)(C)c1cnn(C(F)F)c1.CC(C)(C)c1cnn(C2CC2)c1.CC(C)(C)c1cnn(C2CCC(F)(F)CC2)c1.CC(C)(C)c1cnn(C2CCOCC2)c1.CC(C)(C)c1cnn(CCN2CCOCC2)c1.CC(C)(O)Cn1cc(C(C)(C)C)cn1.CCn1cc(C(C)(C)C)cn1.CN1CCC(n2cc(C(C)(C)C)cn2)CC1. The Morgan fingerprint density at radius 3 is 1.02 bits per heavy atom. The topological polar surface area (TPSA) is 218 Å². The Morgan fingerprint density at radius 2 is 0.682 bits per heavy atom. The summed E-state index contributed by atoms with van der Waals surface area (Å²) in [6, 6.07) is 5.88. The molecular formula is C101H165F4N21O3. The van der Waals surface area contributed by atoms with Crippen LogP contribution in [0.4, 0.5) is 17.6 Å². The van der Waals surface area contributed by atoms with E-state index in [4.69, 9.17) is 9.47 Å². The molecule has 5 fully saturated rings. The molecule has 10 aromatic rings. The minimum atomic E-state index is -2.54. The molecule has 10 aromatic heterocycles. The first kappa shape index (κ1) is 108. The van der Waals surface area contributed by atoms with E-state index in [0.717, 1.165) is 88.8 Å². The fourth-order valence-electron chi connectivity index (χ4n) is 13.8. The first-order valence-corrected chi connectivity index (χ1v) is 46.9. The first-order chi connectivity index (χ1) is 59.6. The molecule has 1 N–H and O–H groups in total. The Balaban J connectivity index is 0.000000199.